The number of nitrogens with one attached hydrogen (secondary N) is 1. The van der Waals surface area contributed by atoms with Crippen molar-refractivity contribution in [1.82, 2.24) is 15.1 Å². The molecule has 0 aromatic carbocycles. The molecule has 6 nitrogen and oxygen atoms in total. The topological polar surface area (TPSA) is 54.0 Å². The summed E-state index contributed by atoms with van der Waals surface area (Å²) < 4.78 is 11.6. The van der Waals surface area contributed by atoms with Gasteiger partial charge in [0.25, 0.3) is 0 Å². The van der Waals surface area contributed by atoms with Crippen LogP contribution >= 0.6 is 0 Å². The van der Waals surface area contributed by atoms with E-state index >= 15 is 0 Å². The quantitative estimate of drug-likeness (QED) is 0.827. The van der Waals surface area contributed by atoms with Crippen LogP contribution in [0.3, 0.4) is 0 Å². The second kappa shape index (κ2) is 7.41. The Morgan fingerprint density at radius 3 is 2.68 bits per heavy atom. The summed E-state index contributed by atoms with van der Waals surface area (Å²) in [5.41, 5.74) is 0.0587. The number of likely N-dealkylation sites (tertiary alicyclic amines) is 1. The lowest BCUT2D eigenvalue weighted by Crippen LogP contribution is -2.52. The van der Waals surface area contributed by atoms with E-state index in [2.05, 4.69) is 22.0 Å². The molecule has 1 saturated carbocycles. The van der Waals surface area contributed by atoms with Gasteiger partial charge in [0.05, 0.1) is 18.8 Å². The zero-order valence-electron chi connectivity index (χ0n) is 15.5. The van der Waals surface area contributed by atoms with E-state index in [4.69, 9.17) is 9.47 Å². The van der Waals surface area contributed by atoms with E-state index in [1.807, 2.05) is 0 Å². The SMILES string of the molecule is CC1CC(N2CCOCC2)CN1C(=O)NC1CCOC2(CCCC2)C1. The number of morpholine rings is 1. The highest BCUT2D eigenvalue weighted by molar-refractivity contribution is 5.75. The first-order chi connectivity index (χ1) is 12.2. The van der Waals surface area contributed by atoms with E-state index in [9.17, 15) is 4.79 Å². The predicted octanol–water partition coefficient (Wildman–Crippen LogP) is 1.98. The Hall–Kier alpha value is -0.850. The van der Waals surface area contributed by atoms with Crippen LogP contribution in [0.4, 0.5) is 4.79 Å². The summed E-state index contributed by atoms with van der Waals surface area (Å²) in [4.78, 5) is 17.4. The molecule has 0 bridgehead atoms. The zero-order valence-corrected chi connectivity index (χ0v) is 15.5. The Labute approximate surface area is 151 Å². The van der Waals surface area contributed by atoms with Crippen LogP contribution in [0.1, 0.15) is 51.9 Å². The molecule has 4 fully saturated rings. The molecule has 3 heterocycles. The highest BCUT2D eigenvalue weighted by Gasteiger charge is 2.42. The third-order valence-corrected chi connectivity index (χ3v) is 6.71. The molecule has 6 heteroatoms. The lowest BCUT2D eigenvalue weighted by molar-refractivity contribution is -0.0823. The molecule has 0 radical (unpaired) electrons. The van der Waals surface area contributed by atoms with Crippen molar-refractivity contribution in [3.05, 3.63) is 0 Å². The third-order valence-electron chi connectivity index (χ3n) is 6.71. The molecule has 3 atom stereocenters. The van der Waals surface area contributed by atoms with Gasteiger partial charge in [-0.25, -0.2) is 4.79 Å². The van der Waals surface area contributed by atoms with Crippen LogP contribution in [0.2, 0.25) is 0 Å². The van der Waals surface area contributed by atoms with Gasteiger partial charge in [-0.2, -0.15) is 0 Å². The van der Waals surface area contributed by atoms with Crippen molar-refractivity contribution in [3.8, 4) is 0 Å². The van der Waals surface area contributed by atoms with Crippen LogP contribution in [-0.2, 0) is 9.47 Å². The lowest BCUT2D eigenvalue weighted by Gasteiger charge is -2.39. The number of amides is 2. The molecule has 142 valence electrons. The summed E-state index contributed by atoms with van der Waals surface area (Å²) in [6, 6.07) is 1.20. The molecule has 4 rings (SSSR count). The second-order valence-electron chi connectivity index (χ2n) is 8.42. The molecule has 25 heavy (non-hydrogen) atoms. The van der Waals surface area contributed by atoms with E-state index in [0.717, 1.165) is 58.7 Å². The van der Waals surface area contributed by atoms with Gasteiger partial charge >= 0.3 is 6.03 Å². The Kier molecular flexibility index (Phi) is 5.20. The van der Waals surface area contributed by atoms with Crippen molar-refractivity contribution < 1.29 is 14.3 Å². The Morgan fingerprint density at radius 1 is 1.16 bits per heavy atom. The minimum Gasteiger partial charge on any atom is -0.379 e. The molecule has 0 aromatic rings. The highest BCUT2D eigenvalue weighted by Crippen LogP contribution is 2.40. The number of carbonyl (C=O) groups is 1. The van der Waals surface area contributed by atoms with Crippen LogP contribution in [0, 0.1) is 0 Å². The smallest absolute Gasteiger partial charge is 0.317 e. The number of rotatable bonds is 2. The highest BCUT2D eigenvalue weighted by atomic mass is 16.5. The van der Waals surface area contributed by atoms with Crippen molar-refractivity contribution in [3.63, 3.8) is 0 Å². The molecule has 1 aliphatic carbocycles. The van der Waals surface area contributed by atoms with Gasteiger partial charge in [-0.1, -0.05) is 12.8 Å². The molecule has 0 aromatic heterocycles. The summed E-state index contributed by atoms with van der Waals surface area (Å²) in [5, 5.41) is 3.33. The average molecular weight is 351 g/mol. The standard InChI is InChI=1S/C19H33N3O3/c1-15-12-17(21-7-10-24-11-8-21)14-22(15)18(23)20-16-4-9-25-19(13-16)5-2-3-6-19/h15-17H,2-14H2,1H3,(H,20,23). The van der Waals surface area contributed by atoms with E-state index in [-0.39, 0.29) is 17.7 Å². The van der Waals surface area contributed by atoms with Crippen molar-refractivity contribution >= 4 is 6.03 Å². The van der Waals surface area contributed by atoms with Crippen molar-refractivity contribution in [2.24, 2.45) is 0 Å². The summed E-state index contributed by atoms with van der Waals surface area (Å²) in [6.07, 6.45) is 7.88. The number of nitrogens with zero attached hydrogens (tertiary/aromatic N) is 2. The minimum atomic E-state index is 0.0587. The van der Waals surface area contributed by atoms with Crippen LogP contribution in [0.5, 0.6) is 0 Å². The van der Waals surface area contributed by atoms with Crippen molar-refractivity contribution in [1.29, 1.82) is 0 Å². The fourth-order valence-corrected chi connectivity index (χ4v) is 5.27. The summed E-state index contributed by atoms with van der Waals surface area (Å²) >= 11 is 0. The molecule has 3 unspecified atom stereocenters. The maximum absolute atomic E-state index is 12.9. The summed E-state index contributed by atoms with van der Waals surface area (Å²) in [5.74, 6) is 0. The maximum atomic E-state index is 12.9. The molecule has 1 spiro atoms. The Bertz CT molecular complexity index is 475. The van der Waals surface area contributed by atoms with Gasteiger partial charge in [-0.3, -0.25) is 4.90 Å². The molecular weight excluding hydrogens is 318 g/mol. The molecule has 4 aliphatic rings. The summed E-state index contributed by atoms with van der Waals surface area (Å²) in [6.45, 7) is 7.45. The van der Waals surface area contributed by atoms with Gasteiger partial charge in [-0.15, -0.1) is 0 Å². The van der Waals surface area contributed by atoms with Gasteiger partial charge in [0, 0.05) is 44.4 Å². The Balaban J connectivity index is 1.31. The number of hydrogen-bond donors (Lipinski definition) is 1. The van der Waals surface area contributed by atoms with Crippen LogP contribution < -0.4 is 5.32 Å². The lowest BCUT2D eigenvalue weighted by atomic mass is 9.89. The minimum absolute atomic E-state index is 0.0587. The van der Waals surface area contributed by atoms with Gasteiger partial charge < -0.3 is 19.7 Å². The largest absolute Gasteiger partial charge is 0.379 e. The molecule has 2 amide bonds. The van der Waals surface area contributed by atoms with E-state index in [1.54, 1.807) is 0 Å². The Morgan fingerprint density at radius 2 is 1.92 bits per heavy atom. The first-order valence-corrected chi connectivity index (χ1v) is 10.2. The van der Waals surface area contributed by atoms with Crippen LogP contribution in [0.25, 0.3) is 0 Å². The van der Waals surface area contributed by atoms with Crippen LogP contribution in [-0.4, -0.2) is 79.0 Å². The van der Waals surface area contributed by atoms with Crippen molar-refractivity contribution in [2.45, 2.75) is 75.6 Å². The first kappa shape index (κ1) is 17.6. The monoisotopic (exact) mass is 351 g/mol. The fraction of sp³-hybridized carbons (Fsp3) is 0.947. The van der Waals surface area contributed by atoms with Crippen molar-refractivity contribution in [2.75, 3.05) is 39.5 Å². The van der Waals surface area contributed by atoms with E-state index < -0.39 is 0 Å². The van der Waals surface area contributed by atoms with E-state index in [1.165, 1.54) is 25.7 Å². The molecular formula is C19H33N3O3. The molecule has 3 aliphatic heterocycles. The first-order valence-electron chi connectivity index (χ1n) is 10.2. The second-order valence-corrected chi connectivity index (χ2v) is 8.42. The normalized spacial score (nSPS) is 36.0. The number of hydrogen-bond acceptors (Lipinski definition) is 4. The summed E-state index contributed by atoms with van der Waals surface area (Å²) in [7, 11) is 0. The number of ether oxygens (including phenoxy) is 2. The number of carbonyl (C=O) groups excluding carboxylic acids is 1. The molecule has 1 N–H and O–H groups in total. The van der Waals surface area contributed by atoms with Crippen LogP contribution in [0.15, 0.2) is 0 Å². The van der Waals surface area contributed by atoms with Gasteiger partial charge in [0.1, 0.15) is 0 Å². The average Bonchev–Trinajstić information content (AvgIpc) is 3.23. The zero-order chi connectivity index (χ0) is 17.3. The van der Waals surface area contributed by atoms with Gasteiger partial charge in [0.2, 0.25) is 0 Å². The maximum Gasteiger partial charge on any atom is 0.317 e. The fourth-order valence-electron chi connectivity index (χ4n) is 5.27. The predicted molar refractivity (Wildman–Crippen MR) is 95.7 cm³/mol. The third kappa shape index (κ3) is 3.81. The van der Waals surface area contributed by atoms with E-state index in [0.29, 0.717) is 12.1 Å². The number of urea groups is 1. The van der Waals surface area contributed by atoms with Gasteiger partial charge in [0.15, 0.2) is 0 Å². The van der Waals surface area contributed by atoms with Gasteiger partial charge in [-0.05, 0) is 39.0 Å². The molecule has 3 saturated heterocycles.